The summed E-state index contributed by atoms with van der Waals surface area (Å²) < 4.78 is 55.6. The summed E-state index contributed by atoms with van der Waals surface area (Å²) in [6.07, 6.45) is 0. The Labute approximate surface area is 166 Å². The van der Waals surface area contributed by atoms with Crippen LogP contribution >= 0.6 is 0 Å². The van der Waals surface area contributed by atoms with E-state index >= 15 is 0 Å². The monoisotopic (exact) mass is 418 g/mol. The van der Waals surface area contributed by atoms with Crippen LogP contribution in [-0.2, 0) is 10.0 Å². The van der Waals surface area contributed by atoms with Gasteiger partial charge in [-0.25, -0.2) is 8.42 Å². The fourth-order valence-electron chi connectivity index (χ4n) is 2.43. The SMILES string of the molecule is O=C(Nc1ccc(OC(F)F)cc1)c1ccc(NS(=O)(=O)c2ccccc2)cc1. The summed E-state index contributed by atoms with van der Waals surface area (Å²) >= 11 is 0. The molecule has 150 valence electrons. The van der Waals surface area contributed by atoms with E-state index in [0.717, 1.165) is 0 Å². The predicted octanol–water partition coefficient (Wildman–Crippen LogP) is 4.34. The third-order valence-corrected chi connectivity index (χ3v) is 5.19. The first-order chi connectivity index (χ1) is 13.8. The van der Waals surface area contributed by atoms with E-state index in [-0.39, 0.29) is 10.6 Å². The van der Waals surface area contributed by atoms with E-state index in [1.165, 1.54) is 60.7 Å². The number of carbonyl (C=O) groups is 1. The molecule has 0 atom stereocenters. The van der Waals surface area contributed by atoms with Crippen molar-refractivity contribution in [3.05, 3.63) is 84.4 Å². The lowest BCUT2D eigenvalue weighted by Gasteiger charge is -2.10. The first-order valence-electron chi connectivity index (χ1n) is 8.38. The number of carbonyl (C=O) groups excluding carboxylic acids is 1. The van der Waals surface area contributed by atoms with Crippen molar-refractivity contribution in [3.63, 3.8) is 0 Å². The Bertz CT molecular complexity index is 1070. The van der Waals surface area contributed by atoms with Crippen molar-refractivity contribution in [2.45, 2.75) is 11.5 Å². The van der Waals surface area contributed by atoms with Crippen molar-refractivity contribution in [3.8, 4) is 5.75 Å². The highest BCUT2D eigenvalue weighted by Crippen LogP contribution is 2.20. The van der Waals surface area contributed by atoms with E-state index in [0.29, 0.717) is 16.9 Å². The van der Waals surface area contributed by atoms with Gasteiger partial charge in [-0.2, -0.15) is 8.78 Å². The van der Waals surface area contributed by atoms with Crippen LogP contribution in [0.15, 0.2) is 83.8 Å². The van der Waals surface area contributed by atoms with Crippen LogP contribution in [0.25, 0.3) is 0 Å². The molecule has 0 aliphatic rings. The van der Waals surface area contributed by atoms with Gasteiger partial charge in [-0.1, -0.05) is 18.2 Å². The van der Waals surface area contributed by atoms with E-state index in [1.54, 1.807) is 18.2 Å². The predicted molar refractivity (Wildman–Crippen MR) is 105 cm³/mol. The summed E-state index contributed by atoms with van der Waals surface area (Å²) in [5.41, 5.74) is 0.991. The molecule has 0 spiro atoms. The fourth-order valence-corrected chi connectivity index (χ4v) is 3.51. The van der Waals surface area contributed by atoms with Crippen molar-refractivity contribution in [1.82, 2.24) is 0 Å². The molecule has 29 heavy (non-hydrogen) atoms. The maximum atomic E-state index is 12.3. The summed E-state index contributed by atoms with van der Waals surface area (Å²) in [7, 11) is -3.72. The van der Waals surface area contributed by atoms with Crippen LogP contribution in [0, 0.1) is 0 Å². The minimum absolute atomic E-state index is 0.0203. The Kier molecular flexibility index (Phi) is 6.08. The maximum absolute atomic E-state index is 12.3. The lowest BCUT2D eigenvalue weighted by atomic mass is 10.2. The smallest absolute Gasteiger partial charge is 0.387 e. The highest BCUT2D eigenvalue weighted by Gasteiger charge is 2.14. The molecule has 0 fully saturated rings. The molecule has 0 aliphatic heterocycles. The molecule has 9 heteroatoms. The van der Waals surface area contributed by atoms with Gasteiger partial charge in [-0.05, 0) is 60.7 Å². The van der Waals surface area contributed by atoms with Crippen molar-refractivity contribution >= 4 is 27.3 Å². The van der Waals surface area contributed by atoms with Gasteiger partial charge in [0, 0.05) is 16.9 Å². The van der Waals surface area contributed by atoms with E-state index in [9.17, 15) is 22.0 Å². The van der Waals surface area contributed by atoms with Crippen LogP contribution in [0.3, 0.4) is 0 Å². The van der Waals surface area contributed by atoms with Crippen molar-refractivity contribution in [2.24, 2.45) is 0 Å². The fraction of sp³-hybridized carbons (Fsp3) is 0.0500. The lowest BCUT2D eigenvalue weighted by molar-refractivity contribution is -0.0498. The summed E-state index contributed by atoms with van der Waals surface area (Å²) in [4.78, 5) is 12.4. The van der Waals surface area contributed by atoms with Gasteiger partial charge >= 0.3 is 6.61 Å². The molecule has 0 bridgehead atoms. The van der Waals surface area contributed by atoms with Crippen LogP contribution in [-0.4, -0.2) is 20.9 Å². The first-order valence-corrected chi connectivity index (χ1v) is 9.86. The topological polar surface area (TPSA) is 84.5 Å². The van der Waals surface area contributed by atoms with Gasteiger partial charge in [-0.3, -0.25) is 9.52 Å². The van der Waals surface area contributed by atoms with Gasteiger partial charge in [0.15, 0.2) is 0 Å². The second-order valence-corrected chi connectivity index (χ2v) is 7.54. The van der Waals surface area contributed by atoms with Crippen molar-refractivity contribution in [2.75, 3.05) is 10.0 Å². The second-order valence-electron chi connectivity index (χ2n) is 5.85. The molecular weight excluding hydrogens is 402 g/mol. The number of rotatable bonds is 7. The molecule has 0 radical (unpaired) electrons. The van der Waals surface area contributed by atoms with Gasteiger partial charge in [0.1, 0.15) is 5.75 Å². The Morgan fingerprint density at radius 2 is 1.41 bits per heavy atom. The molecule has 3 aromatic carbocycles. The van der Waals surface area contributed by atoms with E-state index in [1.807, 2.05) is 0 Å². The minimum atomic E-state index is -3.72. The Balaban J connectivity index is 1.64. The summed E-state index contributed by atoms with van der Waals surface area (Å²) in [5, 5.41) is 2.61. The van der Waals surface area contributed by atoms with Gasteiger partial charge in [0.2, 0.25) is 0 Å². The Hall–Kier alpha value is -3.46. The van der Waals surface area contributed by atoms with Gasteiger partial charge in [0.05, 0.1) is 4.90 Å². The van der Waals surface area contributed by atoms with Crippen LogP contribution in [0.4, 0.5) is 20.2 Å². The molecular formula is C20H16F2N2O4S. The zero-order valence-corrected chi connectivity index (χ0v) is 15.7. The maximum Gasteiger partial charge on any atom is 0.387 e. The summed E-state index contributed by atoms with van der Waals surface area (Å²) in [6.45, 7) is -2.92. The number of anilines is 2. The second kappa shape index (κ2) is 8.70. The number of halogens is 2. The normalized spacial score (nSPS) is 11.1. The van der Waals surface area contributed by atoms with Crippen LogP contribution in [0.2, 0.25) is 0 Å². The van der Waals surface area contributed by atoms with E-state index < -0.39 is 22.5 Å². The number of ether oxygens (including phenoxy) is 1. The highest BCUT2D eigenvalue weighted by atomic mass is 32.2. The Morgan fingerprint density at radius 3 is 2.00 bits per heavy atom. The number of hydrogen-bond donors (Lipinski definition) is 2. The number of hydrogen-bond acceptors (Lipinski definition) is 4. The number of sulfonamides is 1. The van der Waals surface area contributed by atoms with E-state index in [2.05, 4.69) is 14.8 Å². The molecule has 0 saturated carbocycles. The lowest BCUT2D eigenvalue weighted by Crippen LogP contribution is -2.14. The largest absolute Gasteiger partial charge is 0.435 e. The molecule has 3 aromatic rings. The number of alkyl halides is 2. The molecule has 0 aromatic heterocycles. The Morgan fingerprint density at radius 1 is 0.828 bits per heavy atom. The van der Waals surface area contributed by atoms with Crippen LogP contribution in [0.5, 0.6) is 5.75 Å². The van der Waals surface area contributed by atoms with Gasteiger partial charge < -0.3 is 10.1 Å². The van der Waals surface area contributed by atoms with E-state index in [4.69, 9.17) is 0 Å². The molecule has 1 amide bonds. The van der Waals surface area contributed by atoms with Crippen LogP contribution in [0.1, 0.15) is 10.4 Å². The van der Waals surface area contributed by atoms with Crippen molar-refractivity contribution < 1.29 is 26.7 Å². The molecule has 0 saturated heterocycles. The zero-order valence-electron chi connectivity index (χ0n) is 14.9. The van der Waals surface area contributed by atoms with Crippen molar-refractivity contribution in [1.29, 1.82) is 0 Å². The highest BCUT2D eigenvalue weighted by molar-refractivity contribution is 7.92. The first kappa shape index (κ1) is 20.3. The third-order valence-electron chi connectivity index (χ3n) is 3.79. The average Bonchev–Trinajstić information content (AvgIpc) is 2.70. The molecule has 6 nitrogen and oxygen atoms in total. The number of benzene rings is 3. The standard InChI is InChI=1S/C20H16F2N2O4S/c21-20(22)28-17-12-10-15(11-13-17)23-19(25)14-6-8-16(9-7-14)24-29(26,27)18-4-2-1-3-5-18/h1-13,20,24H,(H,23,25). The quantitative estimate of drug-likeness (QED) is 0.598. The number of nitrogens with one attached hydrogen (secondary N) is 2. The minimum Gasteiger partial charge on any atom is -0.435 e. The van der Waals surface area contributed by atoms with Gasteiger partial charge in [-0.15, -0.1) is 0 Å². The summed E-state index contributed by atoms with van der Waals surface area (Å²) in [6, 6.07) is 19.2. The molecule has 0 heterocycles. The van der Waals surface area contributed by atoms with Crippen LogP contribution < -0.4 is 14.8 Å². The third kappa shape index (κ3) is 5.52. The average molecular weight is 418 g/mol. The zero-order chi connectivity index (χ0) is 20.9. The van der Waals surface area contributed by atoms with Gasteiger partial charge in [0.25, 0.3) is 15.9 Å². The number of amides is 1. The molecule has 0 aliphatic carbocycles. The molecule has 3 rings (SSSR count). The molecule has 2 N–H and O–H groups in total. The molecule has 0 unspecified atom stereocenters. The summed E-state index contributed by atoms with van der Waals surface area (Å²) in [5.74, 6) is -0.460.